The molecule has 3 N–H and O–H groups in total. The van der Waals surface area contributed by atoms with Crippen LogP contribution in [0.2, 0.25) is 5.02 Å². The van der Waals surface area contributed by atoms with Crippen LogP contribution in [-0.4, -0.2) is 88.0 Å². The van der Waals surface area contributed by atoms with Crippen LogP contribution in [0.3, 0.4) is 0 Å². The largest absolute Gasteiger partial charge is 0.480 e. The molecule has 1 aromatic carbocycles. The lowest BCUT2D eigenvalue weighted by Gasteiger charge is -2.42. The summed E-state index contributed by atoms with van der Waals surface area (Å²) in [5.74, 6) is -0.200. The zero-order valence-corrected chi connectivity index (χ0v) is 26.8. The van der Waals surface area contributed by atoms with E-state index in [1.807, 2.05) is 17.9 Å². The number of benzene rings is 1. The first-order chi connectivity index (χ1) is 21.6. The Morgan fingerprint density at radius 2 is 2.09 bits per heavy atom. The van der Waals surface area contributed by atoms with Crippen molar-refractivity contribution in [3.05, 3.63) is 28.7 Å². The number of aromatic amines is 1. The van der Waals surface area contributed by atoms with Gasteiger partial charge < -0.3 is 29.5 Å². The number of rotatable bonds is 6. The molecule has 5 heterocycles. The number of aromatic nitrogens is 5. The van der Waals surface area contributed by atoms with Crippen molar-refractivity contribution >= 4 is 39.2 Å². The van der Waals surface area contributed by atoms with Crippen molar-refractivity contribution in [2.24, 2.45) is 5.41 Å². The second-order valence-corrected chi connectivity index (χ2v) is 13.6. The number of halogens is 2. The van der Waals surface area contributed by atoms with Crippen LogP contribution in [0.25, 0.3) is 33.1 Å². The second kappa shape index (κ2) is 11.5. The van der Waals surface area contributed by atoms with Gasteiger partial charge in [0.2, 0.25) is 5.88 Å². The van der Waals surface area contributed by atoms with E-state index in [2.05, 4.69) is 32.4 Å². The predicted octanol–water partition coefficient (Wildman–Crippen LogP) is 4.95. The highest BCUT2D eigenvalue weighted by atomic mass is 35.5. The maximum absolute atomic E-state index is 17.0. The maximum atomic E-state index is 17.0. The minimum absolute atomic E-state index is 0.00765. The molecule has 45 heavy (non-hydrogen) atoms. The second-order valence-electron chi connectivity index (χ2n) is 13.2. The lowest BCUT2D eigenvalue weighted by molar-refractivity contribution is -0.0123. The van der Waals surface area contributed by atoms with Gasteiger partial charge in [-0.2, -0.15) is 15.1 Å². The van der Waals surface area contributed by atoms with Gasteiger partial charge in [0.25, 0.3) is 0 Å². The standard InChI is InChI=1S/C32H39ClFN7O4/c1-17-12-20-19(13-35-40-20)22(24(17)33)26-25(34)27-23(29(37-26)43-4)28(41-10-11-44-15-31(3,42)14-41)39-30(38-27)45-16-32-8-5-6-21(32)36-18(2)7-9-32/h12-13,18,21,36,42H,5-11,14-16H2,1-4H3,(H,35,40)/t18?,21-,31+,32-/m1/s1. The minimum Gasteiger partial charge on any atom is -0.480 e. The summed E-state index contributed by atoms with van der Waals surface area (Å²) in [6, 6.07) is 2.74. The number of β-amino-alcohol motifs (C(OH)–C–C–N with tert-alkyl or cyclic N) is 1. The first-order valence-corrected chi connectivity index (χ1v) is 16.0. The van der Waals surface area contributed by atoms with Crippen molar-refractivity contribution in [1.82, 2.24) is 30.5 Å². The van der Waals surface area contributed by atoms with Gasteiger partial charge in [-0.15, -0.1) is 0 Å². The van der Waals surface area contributed by atoms with Crippen LogP contribution in [-0.2, 0) is 4.74 Å². The highest BCUT2D eigenvalue weighted by Crippen LogP contribution is 2.46. The summed E-state index contributed by atoms with van der Waals surface area (Å²) in [7, 11) is 1.47. The van der Waals surface area contributed by atoms with E-state index in [0.717, 1.165) is 37.7 Å². The molecular weight excluding hydrogens is 601 g/mol. The SMILES string of the molecule is COc1nc(-c2c(Cl)c(C)cc3[nH]ncc23)c(F)c2nc(OC[C@]34CCC[C@H]3NC(C)CC4)nc(N3CCOC[C@@](C)(O)C3)c12. The van der Waals surface area contributed by atoms with Crippen LogP contribution in [0.4, 0.5) is 10.2 Å². The van der Waals surface area contributed by atoms with Crippen LogP contribution in [0.15, 0.2) is 12.3 Å². The predicted molar refractivity (Wildman–Crippen MR) is 170 cm³/mol. The van der Waals surface area contributed by atoms with Crippen LogP contribution < -0.4 is 19.7 Å². The number of fused-ring (bicyclic) bond motifs is 3. The molecule has 3 aromatic heterocycles. The number of nitrogens with one attached hydrogen (secondary N) is 2. The molecule has 1 aliphatic carbocycles. The van der Waals surface area contributed by atoms with Crippen molar-refractivity contribution in [2.75, 3.05) is 44.9 Å². The third-order valence-electron chi connectivity index (χ3n) is 9.71. The Balaban J connectivity index is 1.41. The number of ether oxygens (including phenoxy) is 3. The van der Waals surface area contributed by atoms with Gasteiger partial charge in [0.05, 0.1) is 50.2 Å². The highest BCUT2D eigenvalue weighted by Gasteiger charge is 2.46. The molecular formula is C32H39ClFN7O4. The first kappa shape index (κ1) is 30.3. The number of H-pyrrole nitrogens is 1. The topological polar surface area (TPSA) is 131 Å². The van der Waals surface area contributed by atoms with Crippen LogP contribution >= 0.6 is 11.6 Å². The fourth-order valence-electron chi connectivity index (χ4n) is 7.41. The Kier molecular flexibility index (Phi) is 7.74. The number of methoxy groups -OCH3 is 1. The van der Waals surface area contributed by atoms with E-state index in [0.29, 0.717) is 59.1 Å². The van der Waals surface area contributed by atoms with Crippen molar-refractivity contribution < 1.29 is 23.7 Å². The van der Waals surface area contributed by atoms with E-state index in [-0.39, 0.29) is 47.1 Å². The molecule has 3 fully saturated rings. The highest BCUT2D eigenvalue weighted by molar-refractivity contribution is 6.35. The van der Waals surface area contributed by atoms with Crippen LogP contribution in [0, 0.1) is 18.2 Å². The number of aliphatic hydroxyl groups is 1. The molecule has 2 aliphatic heterocycles. The molecule has 1 unspecified atom stereocenters. The first-order valence-electron chi connectivity index (χ1n) is 15.6. The van der Waals surface area contributed by atoms with Gasteiger partial charge in [-0.1, -0.05) is 18.0 Å². The van der Waals surface area contributed by atoms with E-state index in [9.17, 15) is 5.11 Å². The molecule has 240 valence electrons. The number of nitrogens with zero attached hydrogens (tertiary/aromatic N) is 5. The van der Waals surface area contributed by atoms with Crippen molar-refractivity contribution in [2.45, 2.75) is 70.6 Å². The van der Waals surface area contributed by atoms with Gasteiger partial charge in [0.1, 0.15) is 28.0 Å². The number of aryl methyl sites for hydroxylation is 1. The number of piperidine rings is 1. The van der Waals surface area contributed by atoms with Gasteiger partial charge >= 0.3 is 6.01 Å². The Bertz CT molecular complexity index is 1770. The van der Waals surface area contributed by atoms with Gasteiger partial charge in [0, 0.05) is 35.0 Å². The van der Waals surface area contributed by atoms with Crippen LogP contribution in [0.5, 0.6) is 11.9 Å². The number of hydrogen-bond acceptors (Lipinski definition) is 10. The van der Waals surface area contributed by atoms with Crippen LogP contribution in [0.1, 0.15) is 51.5 Å². The summed E-state index contributed by atoms with van der Waals surface area (Å²) < 4.78 is 34.9. The summed E-state index contributed by atoms with van der Waals surface area (Å²) in [4.78, 5) is 16.0. The molecule has 3 aliphatic rings. The number of pyridine rings is 1. The summed E-state index contributed by atoms with van der Waals surface area (Å²) in [6.07, 6.45) is 6.98. The Morgan fingerprint density at radius 1 is 1.24 bits per heavy atom. The van der Waals surface area contributed by atoms with Gasteiger partial charge in [-0.25, -0.2) is 9.37 Å². The molecule has 4 atom stereocenters. The number of hydrogen-bond donors (Lipinski definition) is 3. The van der Waals surface area contributed by atoms with E-state index in [1.54, 1.807) is 13.1 Å². The zero-order valence-electron chi connectivity index (χ0n) is 26.0. The molecule has 2 saturated heterocycles. The summed E-state index contributed by atoms with van der Waals surface area (Å²) in [5, 5.41) is 23.2. The van der Waals surface area contributed by atoms with Gasteiger partial charge in [-0.05, 0) is 58.1 Å². The smallest absolute Gasteiger partial charge is 0.319 e. The molecule has 13 heteroatoms. The van der Waals surface area contributed by atoms with E-state index < -0.39 is 11.4 Å². The summed E-state index contributed by atoms with van der Waals surface area (Å²) >= 11 is 6.81. The lowest BCUT2D eigenvalue weighted by Crippen LogP contribution is -2.52. The van der Waals surface area contributed by atoms with Crippen molar-refractivity contribution in [3.8, 4) is 23.1 Å². The zero-order chi connectivity index (χ0) is 31.5. The molecule has 7 rings (SSSR count). The third kappa shape index (κ3) is 5.35. The number of anilines is 1. The average Bonchev–Trinajstić information content (AvgIpc) is 3.60. The molecule has 0 amide bonds. The fourth-order valence-corrected chi connectivity index (χ4v) is 7.65. The van der Waals surface area contributed by atoms with E-state index in [1.165, 1.54) is 7.11 Å². The molecule has 0 bridgehead atoms. The lowest BCUT2D eigenvalue weighted by atomic mass is 9.75. The van der Waals surface area contributed by atoms with Gasteiger partial charge in [-0.3, -0.25) is 5.10 Å². The van der Waals surface area contributed by atoms with E-state index >= 15 is 4.39 Å². The molecule has 1 saturated carbocycles. The Hall–Kier alpha value is -3.32. The molecule has 0 spiro atoms. The third-order valence-corrected chi connectivity index (χ3v) is 10.2. The maximum Gasteiger partial charge on any atom is 0.319 e. The van der Waals surface area contributed by atoms with Crippen molar-refractivity contribution in [1.29, 1.82) is 0 Å². The Labute approximate surface area is 265 Å². The fraction of sp³-hybridized carbons (Fsp3) is 0.562. The summed E-state index contributed by atoms with van der Waals surface area (Å²) in [6.45, 7) is 7.29. The Morgan fingerprint density at radius 3 is 2.91 bits per heavy atom. The quantitative estimate of drug-likeness (QED) is 0.266. The normalized spacial score (nSPS) is 27.1. The molecule has 0 radical (unpaired) electrons. The monoisotopic (exact) mass is 639 g/mol. The van der Waals surface area contributed by atoms with E-state index in [4.69, 9.17) is 30.8 Å². The summed E-state index contributed by atoms with van der Waals surface area (Å²) in [5.41, 5.74) is 0.606. The average molecular weight is 640 g/mol. The molecule has 11 nitrogen and oxygen atoms in total. The minimum atomic E-state index is -1.17. The van der Waals surface area contributed by atoms with Gasteiger partial charge in [0.15, 0.2) is 5.82 Å². The molecule has 4 aromatic rings. The van der Waals surface area contributed by atoms with Crippen molar-refractivity contribution in [3.63, 3.8) is 0 Å².